The van der Waals surface area contributed by atoms with Crippen LogP contribution in [0.25, 0.3) is 0 Å². The van der Waals surface area contributed by atoms with Gasteiger partial charge in [0, 0.05) is 18.6 Å². The number of benzene rings is 1. The zero-order valence-electron chi connectivity index (χ0n) is 13.6. The van der Waals surface area contributed by atoms with E-state index in [4.69, 9.17) is 10.5 Å². The third kappa shape index (κ3) is 4.45. The van der Waals surface area contributed by atoms with Crippen LogP contribution in [0.15, 0.2) is 24.3 Å². The van der Waals surface area contributed by atoms with E-state index in [-0.39, 0.29) is 0 Å². The van der Waals surface area contributed by atoms with Crippen molar-refractivity contribution in [2.45, 2.75) is 58.0 Å². The molecule has 2 atom stereocenters. The number of hydrogen-bond acceptors (Lipinski definition) is 3. The second-order valence-corrected chi connectivity index (χ2v) is 6.11. The predicted molar refractivity (Wildman–Crippen MR) is 88.7 cm³/mol. The predicted octanol–water partition coefficient (Wildman–Crippen LogP) is 3.74. The van der Waals surface area contributed by atoms with E-state index in [0.717, 1.165) is 25.3 Å². The summed E-state index contributed by atoms with van der Waals surface area (Å²) in [6, 6.07) is 9.47. The monoisotopic (exact) mass is 290 g/mol. The number of nitrogens with two attached hydrogens (primary N) is 1. The van der Waals surface area contributed by atoms with Gasteiger partial charge in [0.2, 0.25) is 0 Å². The molecule has 0 spiro atoms. The molecule has 1 aliphatic heterocycles. The third-order valence-electron chi connectivity index (χ3n) is 4.47. The second-order valence-electron chi connectivity index (χ2n) is 6.11. The van der Waals surface area contributed by atoms with Crippen LogP contribution in [0.4, 0.5) is 0 Å². The molecule has 0 aromatic heterocycles. The van der Waals surface area contributed by atoms with Gasteiger partial charge < -0.3 is 10.5 Å². The average molecular weight is 290 g/mol. The fourth-order valence-electron chi connectivity index (χ4n) is 3.23. The van der Waals surface area contributed by atoms with E-state index < -0.39 is 0 Å². The highest BCUT2D eigenvalue weighted by Crippen LogP contribution is 2.28. The summed E-state index contributed by atoms with van der Waals surface area (Å²) in [6.07, 6.45) is 6.31. The van der Waals surface area contributed by atoms with Crippen LogP contribution in [0.3, 0.4) is 0 Å². The quantitative estimate of drug-likeness (QED) is 0.867. The Morgan fingerprint density at radius 2 is 2.00 bits per heavy atom. The lowest BCUT2D eigenvalue weighted by atomic mass is 10.0. The van der Waals surface area contributed by atoms with Gasteiger partial charge >= 0.3 is 0 Å². The zero-order valence-corrected chi connectivity index (χ0v) is 13.6. The lowest BCUT2D eigenvalue weighted by Crippen LogP contribution is -2.39. The van der Waals surface area contributed by atoms with Crippen molar-refractivity contribution in [1.29, 1.82) is 0 Å². The Hall–Kier alpha value is -1.06. The number of likely N-dealkylation sites (tertiary alicyclic amines) is 1. The summed E-state index contributed by atoms with van der Waals surface area (Å²) in [4.78, 5) is 2.59. The fraction of sp³-hybridized carbons (Fsp3) is 0.667. The van der Waals surface area contributed by atoms with Crippen molar-refractivity contribution < 1.29 is 4.74 Å². The van der Waals surface area contributed by atoms with Crippen LogP contribution >= 0.6 is 0 Å². The summed E-state index contributed by atoms with van der Waals surface area (Å²) in [6.45, 7) is 7.09. The van der Waals surface area contributed by atoms with E-state index in [1.165, 1.54) is 31.2 Å². The molecule has 0 amide bonds. The Balaban J connectivity index is 2.08. The number of nitrogens with zero attached hydrogens (tertiary/aromatic N) is 1. The fourth-order valence-corrected chi connectivity index (χ4v) is 3.23. The molecular weight excluding hydrogens is 260 g/mol. The summed E-state index contributed by atoms with van der Waals surface area (Å²) in [7, 11) is 0. The molecule has 2 unspecified atom stereocenters. The van der Waals surface area contributed by atoms with E-state index in [0.29, 0.717) is 18.6 Å². The molecule has 0 radical (unpaired) electrons. The van der Waals surface area contributed by atoms with Gasteiger partial charge in [-0.3, -0.25) is 4.90 Å². The van der Waals surface area contributed by atoms with Gasteiger partial charge in [-0.05, 0) is 50.4 Å². The topological polar surface area (TPSA) is 38.5 Å². The molecule has 1 heterocycles. The summed E-state index contributed by atoms with van der Waals surface area (Å²) in [5.41, 5.74) is 7.41. The van der Waals surface area contributed by atoms with Crippen LogP contribution in [0.5, 0.6) is 5.75 Å². The summed E-state index contributed by atoms with van der Waals surface area (Å²) >= 11 is 0. The third-order valence-corrected chi connectivity index (χ3v) is 4.47. The Morgan fingerprint density at radius 3 is 2.67 bits per heavy atom. The van der Waals surface area contributed by atoms with E-state index in [2.05, 4.69) is 43.0 Å². The maximum absolute atomic E-state index is 6.09. The highest BCUT2D eigenvalue weighted by Gasteiger charge is 2.25. The molecule has 1 aromatic rings. The summed E-state index contributed by atoms with van der Waals surface area (Å²) in [5, 5.41) is 0. The maximum atomic E-state index is 6.09. The van der Waals surface area contributed by atoms with Gasteiger partial charge in [-0.1, -0.05) is 31.9 Å². The molecule has 0 aliphatic carbocycles. The molecule has 0 saturated carbocycles. The molecular formula is C18H30N2O. The Labute approximate surface area is 129 Å². The molecule has 2 N–H and O–H groups in total. The van der Waals surface area contributed by atoms with Crippen LogP contribution < -0.4 is 10.5 Å². The number of rotatable bonds is 6. The lowest BCUT2D eigenvalue weighted by Gasteiger charge is -2.35. The smallest absolute Gasteiger partial charge is 0.119 e. The zero-order chi connectivity index (χ0) is 15.1. The van der Waals surface area contributed by atoms with Crippen LogP contribution in [-0.2, 0) is 0 Å². The van der Waals surface area contributed by atoms with Gasteiger partial charge in [-0.25, -0.2) is 0 Å². The first-order valence-electron chi connectivity index (χ1n) is 8.44. The molecule has 1 saturated heterocycles. The highest BCUT2D eigenvalue weighted by molar-refractivity contribution is 5.29. The van der Waals surface area contributed by atoms with Crippen molar-refractivity contribution in [2.75, 3.05) is 19.7 Å². The SMILES string of the molecule is CCCOc1ccc(C(CN)N2CCCCCC2C)cc1. The standard InChI is InChI=1S/C18H30N2O/c1-3-13-21-17-10-8-16(9-11-17)18(14-19)20-12-6-4-5-7-15(20)2/h8-11,15,18H,3-7,12-14,19H2,1-2H3. The first-order valence-corrected chi connectivity index (χ1v) is 8.44. The summed E-state index contributed by atoms with van der Waals surface area (Å²) in [5.74, 6) is 0.959. The van der Waals surface area contributed by atoms with Crippen molar-refractivity contribution in [3.63, 3.8) is 0 Å². The van der Waals surface area contributed by atoms with Gasteiger partial charge in [0.05, 0.1) is 6.61 Å². The molecule has 2 rings (SSSR count). The first kappa shape index (κ1) is 16.3. The van der Waals surface area contributed by atoms with Gasteiger partial charge in [-0.15, -0.1) is 0 Å². The van der Waals surface area contributed by atoms with Crippen LogP contribution in [0.1, 0.15) is 57.6 Å². The molecule has 1 aromatic carbocycles. The molecule has 118 valence electrons. The van der Waals surface area contributed by atoms with Crippen LogP contribution in [0, 0.1) is 0 Å². The lowest BCUT2D eigenvalue weighted by molar-refractivity contribution is 0.150. The molecule has 3 heteroatoms. The highest BCUT2D eigenvalue weighted by atomic mass is 16.5. The molecule has 0 bridgehead atoms. The Morgan fingerprint density at radius 1 is 1.24 bits per heavy atom. The summed E-state index contributed by atoms with van der Waals surface area (Å²) < 4.78 is 5.67. The minimum absolute atomic E-state index is 0.332. The average Bonchev–Trinajstić information content (AvgIpc) is 2.72. The Bertz CT molecular complexity index is 404. The van der Waals surface area contributed by atoms with Gasteiger partial charge in [-0.2, -0.15) is 0 Å². The van der Waals surface area contributed by atoms with Crippen molar-refractivity contribution in [1.82, 2.24) is 4.90 Å². The number of ether oxygens (including phenoxy) is 1. The largest absolute Gasteiger partial charge is 0.494 e. The molecule has 3 nitrogen and oxygen atoms in total. The van der Waals surface area contributed by atoms with Gasteiger partial charge in [0.25, 0.3) is 0 Å². The van der Waals surface area contributed by atoms with Crippen LogP contribution in [0.2, 0.25) is 0 Å². The van der Waals surface area contributed by atoms with E-state index in [1.807, 2.05) is 0 Å². The molecule has 21 heavy (non-hydrogen) atoms. The normalized spacial score (nSPS) is 21.8. The first-order chi connectivity index (χ1) is 10.3. The minimum Gasteiger partial charge on any atom is -0.494 e. The molecule has 1 aliphatic rings. The van der Waals surface area contributed by atoms with Crippen molar-refractivity contribution >= 4 is 0 Å². The van der Waals surface area contributed by atoms with E-state index in [1.54, 1.807) is 0 Å². The molecule has 1 fully saturated rings. The van der Waals surface area contributed by atoms with Crippen molar-refractivity contribution in [2.24, 2.45) is 5.73 Å². The van der Waals surface area contributed by atoms with Crippen molar-refractivity contribution in [3.8, 4) is 5.75 Å². The van der Waals surface area contributed by atoms with Gasteiger partial charge in [0.1, 0.15) is 5.75 Å². The number of hydrogen-bond donors (Lipinski definition) is 1. The van der Waals surface area contributed by atoms with Crippen LogP contribution in [-0.4, -0.2) is 30.6 Å². The van der Waals surface area contributed by atoms with Crippen molar-refractivity contribution in [3.05, 3.63) is 29.8 Å². The minimum atomic E-state index is 0.332. The maximum Gasteiger partial charge on any atom is 0.119 e. The van der Waals surface area contributed by atoms with E-state index >= 15 is 0 Å². The van der Waals surface area contributed by atoms with Gasteiger partial charge in [0.15, 0.2) is 0 Å². The second kappa shape index (κ2) is 8.40. The van der Waals surface area contributed by atoms with E-state index in [9.17, 15) is 0 Å². The Kier molecular flexibility index (Phi) is 6.52.